The van der Waals surface area contributed by atoms with Crippen molar-refractivity contribution in [3.63, 3.8) is 0 Å². The molecule has 0 saturated heterocycles. The first-order valence-corrected chi connectivity index (χ1v) is 6.89. The maximum Gasteiger partial charge on any atom is 0.251 e. The topological polar surface area (TPSA) is 38.9 Å². The zero-order valence-electron chi connectivity index (χ0n) is 11.5. The van der Waals surface area contributed by atoms with Crippen molar-refractivity contribution in [2.24, 2.45) is 0 Å². The van der Waals surface area contributed by atoms with E-state index in [1.54, 1.807) is 18.2 Å². The van der Waals surface area contributed by atoms with Gasteiger partial charge in [0.05, 0.1) is 5.56 Å². The van der Waals surface area contributed by atoms with Gasteiger partial charge in [0.25, 0.3) is 5.89 Å². The molecule has 0 aliphatic carbocycles. The normalized spacial score (nSPS) is 11.0. The van der Waals surface area contributed by atoms with E-state index in [1.807, 2.05) is 42.5 Å². The maximum absolute atomic E-state index is 13.8. The van der Waals surface area contributed by atoms with E-state index in [9.17, 15) is 4.39 Å². The van der Waals surface area contributed by atoms with Crippen molar-refractivity contribution in [1.29, 1.82) is 0 Å². The van der Waals surface area contributed by atoms with Gasteiger partial charge in [0.15, 0.2) is 0 Å². The van der Waals surface area contributed by atoms with Crippen LogP contribution in [0, 0.1) is 5.82 Å². The molecule has 0 radical (unpaired) electrons. The van der Waals surface area contributed by atoms with Crippen LogP contribution >= 0.6 is 0 Å². The molecule has 4 aromatic rings. The third-order valence-corrected chi connectivity index (χ3v) is 3.55. The molecule has 0 aliphatic heterocycles. The van der Waals surface area contributed by atoms with Crippen molar-refractivity contribution >= 4 is 10.8 Å². The van der Waals surface area contributed by atoms with Crippen molar-refractivity contribution < 1.29 is 8.81 Å². The Kier molecular flexibility index (Phi) is 2.93. The van der Waals surface area contributed by atoms with Crippen molar-refractivity contribution in [3.05, 3.63) is 72.5 Å². The van der Waals surface area contributed by atoms with Gasteiger partial charge in [-0.25, -0.2) is 4.39 Å². The molecule has 0 unspecified atom stereocenters. The molecule has 0 fully saturated rings. The Morgan fingerprint density at radius 2 is 1.32 bits per heavy atom. The zero-order chi connectivity index (χ0) is 14.9. The quantitative estimate of drug-likeness (QED) is 0.537. The lowest BCUT2D eigenvalue weighted by molar-refractivity contribution is 0.571. The zero-order valence-corrected chi connectivity index (χ0v) is 11.5. The fourth-order valence-corrected chi connectivity index (χ4v) is 2.49. The van der Waals surface area contributed by atoms with E-state index in [-0.39, 0.29) is 11.7 Å². The SMILES string of the molecule is Fc1ccccc1-c1nnc(-c2cccc3ccccc23)o1. The largest absolute Gasteiger partial charge is 0.416 e. The smallest absolute Gasteiger partial charge is 0.251 e. The second kappa shape index (κ2) is 5.07. The lowest BCUT2D eigenvalue weighted by atomic mass is 10.0. The molecule has 0 spiro atoms. The van der Waals surface area contributed by atoms with Crippen LogP contribution in [0.4, 0.5) is 4.39 Å². The summed E-state index contributed by atoms with van der Waals surface area (Å²) in [6, 6.07) is 20.2. The van der Waals surface area contributed by atoms with E-state index in [1.165, 1.54) is 6.07 Å². The van der Waals surface area contributed by atoms with Gasteiger partial charge in [-0.2, -0.15) is 0 Å². The number of hydrogen-bond acceptors (Lipinski definition) is 3. The fraction of sp³-hybridized carbons (Fsp3) is 0. The highest BCUT2D eigenvalue weighted by atomic mass is 19.1. The van der Waals surface area contributed by atoms with Crippen LogP contribution in [0.3, 0.4) is 0 Å². The van der Waals surface area contributed by atoms with Gasteiger partial charge in [0, 0.05) is 5.56 Å². The van der Waals surface area contributed by atoms with Gasteiger partial charge in [-0.3, -0.25) is 0 Å². The summed E-state index contributed by atoms with van der Waals surface area (Å²) >= 11 is 0. The van der Waals surface area contributed by atoms with Crippen LogP contribution in [0.2, 0.25) is 0 Å². The maximum atomic E-state index is 13.8. The van der Waals surface area contributed by atoms with Gasteiger partial charge in [-0.15, -0.1) is 10.2 Å². The molecule has 22 heavy (non-hydrogen) atoms. The van der Waals surface area contributed by atoms with Crippen LogP contribution in [0.15, 0.2) is 71.1 Å². The number of halogens is 1. The van der Waals surface area contributed by atoms with E-state index < -0.39 is 0 Å². The van der Waals surface area contributed by atoms with Gasteiger partial charge in [0.1, 0.15) is 5.82 Å². The van der Waals surface area contributed by atoms with Gasteiger partial charge >= 0.3 is 0 Å². The minimum absolute atomic E-state index is 0.182. The minimum atomic E-state index is -0.379. The van der Waals surface area contributed by atoms with E-state index in [2.05, 4.69) is 10.2 Å². The summed E-state index contributed by atoms with van der Waals surface area (Å²) in [5.74, 6) is 0.187. The molecule has 0 amide bonds. The number of nitrogens with zero attached hydrogens (tertiary/aromatic N) is 2. The fourth-order valence-electron chi connectivity index (χ4n) is 2.49. The highest BCUT2D eigenvalue weighted by Crippen LogP contribution is 2.30. The summed E-state index contributed by atoms with van der Waals surface area (Å²) in [4.78, 5) is 0. The Bertz CT molecular complexity index is 957. The molecule has 4 rings (SSSR count). The van der Waals surface area contributed by atoms with Gasteiger partial charge in [-0.05, 0) is 29.0 Å². The molecule has 0 bridgehead atoms. The molecule has 106 valence electrons. The monoisotopic (exact) mass is 290 g/mol. The average Bonchev–Trinajstić information content (AvgIpc) is 3.04. The van der Waals surface area contributed by atoms with Crippen LogP contribution in [0.5, 0.6) is 0 Å². The predicted molar refractivity (Wildman–Crippen MR) is 82.6 cm³/mol. The average molecular weight is 290 g/mol. The number of fused-ring (bicyclic) bond motifs is 1. The molecule has 1 heterocycles. The van der Waals surface area contributed by atoms with Crippen molar-refractivity contribution in [2.75, 3.05) is 0 Å². The molecular formula is C18H11FN2O. The van der Waals surface area contributed by atoms with Crippen LogP contribution < -0.4 is 0 Å². The van der Waals surface area contributed by atoms with E-state index in [0.717, 1.165) is 16.3 Å². The molecular weight excluding hydrogens is 279 g/mol. The molecule has 0 saturated carbocycles. The lowest BCUT2D eigenvalue weighted by Gasteiger charge is -2.02. The standard InChI is InChI=1S/C18H11FN2O/c19-16-11-4-3-9-15(16)18-21-20-17(22-18)14-10-5-7-12-6-1-2-8-13(12)14/h1-11H. The Balaban J connectivity index is 1.86. The molecule has 0 N–H and O–H groups in total. The predicted octanol–water partition coefficient (Wildman–Crippen LogP) is 4.70. The molecule has 0 atom stereocenters. The first-order valence-electron chi connectivity index (χ1n) is 6.89. The molecule has 4 heteroatoms. The number of aromatic nitrogens is 2. The second-order valence-electron chi connectivity index (χ2n) is 4.92. The highest BCUT2D eigenvalue weighted by Gasteiger charge is 2.15. The Morgan fingerprint density at radius 1 is 0.682 bits per heavy atom. The molecule has 3 aromatic carbocycles. The summed E-state index contributed by atoms with van der Waals surface area (Å²) in [5, 5.41) is 10.2. The van der Waals surface area contributed by atoms with Gasteiger partial charge < -0.3 is 4.42 Å². The number of benzene rings is 3. The van der Waals surface area contributed by atoms with Crippen molar-refractivity contribution in [3.8, 4) is 22.9 Å². The van der Waals surface area contributed by atoms with Gasteiger partial charge in [0.2, 0.25) is 5.89 Å². The van der Waals surface area contributed by atoms with Crippen LogP contribution in [-0.4, -0.2) is 10.2 Å². The van der Waals surface area contributed by atoms with Crippen LogP contribution in [0.1, 0.15) is 0 Å². The second-order valence-corrected chi connectivity index (χ2v) is 4.92. The van der Waals surface area contributed by atoms with E-state index >= 15 is 0 Å². The first kappa shape index (κ1) is 12.7. The highest BCUT2D eigenvalue weighted by molar-refractivity contribution is 5.94. The van der Waals surface area contributed by atoms with Crippen molar-refractivity contribution in [1.82, 2.24) is 10.2 Å². The van der Waals surface area contributed by atoms with E-state index in [0.29, 0.717) is 11.5 Å². The van der Waals surface area contributed by atoms with Gasteiger partial charge in [-0.1, -0.05) is 48.5 Å². The Morgan fingerprint density at radius 3 is 2.18 bits per heavy atom. The number of rotatable bonds is 2. The summed E-state index contributed by atoms with van der Waals surface area (Å²) in [6.07, 6.45) is 0. The molecule has 1 aromatic heterocycles. The first-order chi connectivity index (χ1) is 10.8. The lowest BCUT2D eigenvalue weighted by Crippen LogP contribution is -1.82. The Labute approximate surface area is 126 Å². The third kappa shape index (κ3) is 2.05. The summed E-state index contributed by atoms with van der Waals surface area (Å²) in [6.45, 7) is 0. The summed E-state index contributed by atoms with van der Waals surface area (Å²) in [7, 11) is 0. The third-order valence-electron chi connectivity index (χ3n) is 3.55. The minimum Gasteiger partial charge on any atom is -0.416 e. The van der Waals surface area contributed by atoms with Crippen molar-refractivity contribution in [2.45, 2.75) is 0 Å². The Hall–Kier alpha value is -3.01. The van der Waals surface area contributed by atoms with Crippen LogP contribution in [-0.2, 0) is 0 Å². The van der Waals surface area contributed by atoms with E-state index in [4.69, 9.17) is 4.42 Å². The summed E-state index contributed by atoms with van der Waals surface area (Å²) < 4.78 is 19.5. The number of hydrogen-bond donors (Lipinski definition) is 0. The summed E-state index contributed by atoms with van der Waals surface area (Å²) in [5.41, 5.74) is 1.15. The molecule has 0 aliphatic rings. The molecule has 3 nitrogen and oxygen atoms in total. The van der Waals surface area contributed by atoms with Crippen LogP contribution in [0.25, 0.3) is 33.7 Å².